The van der Waals surface area contributed by atoms with Crippen molar-refractivity contribution >= 4 is 22.6 Å². The highest BCUT2D eigenvalue weighted by atomic mass is 16.5. The molecule has 4 atom stereocenters. The molecule has 0 bridgehead atoms. The van der Waals surface area contributed by atoms with Crippen LogP contribution in [0.25, 0.3) is 10.9 Å². The molecule has 5 rings (SSSR count). The van der Waals surface area contributed by atoms with Gasteiger partial charge >= 0.3 is 0 Å². The lowest BCUT2D eigenvalue weighted by Gasteiger charge is -2.38. The second kappa shape index (κ2) is 9.03. The van der Waals surface area contributed by atoms with E-state index in [-0.39, 0.29) is 23.6 Å². The number of benzene rings is 1. The molecule has 2 aliphatic rings. The SMILES string of the molecule is C[C@H]1COC(c2cnc(N)c(O)c2)CN1CC1CC1CCNC(=O)c1cc2ccccc2[nH]1. The van der Waals surface area contributed by atoms with E-state index in [9.17, 15) is 9.90 Å². The van der Waals surface area contributed by atoms with Crippen molar-refractivity contribution < 1.29 is 14.6 Å². The number of aromatic hydroxyl groups is 1. The van der Waals surface area contributed by atoms with Crippen molar-refractivity contribution in [3.8, 4) is 5.75 Å². The number of pyridine rings is 1. The van der Waals surface area contributed by atoms with Crippen LogP contribution >= 0.6 is 0 Å². The summed E-state index contributed by atoms with van der Waals surface area (Å²) in [5.41, 5.74) is 8.07. The highest BCUT2D eigenvalue weighted by Crippen LogP contribution is 2.42. The molecule has 33 heavy (non-hydrogen) atoms. The number of hydrogen-bond acceptors (Lipinski definition) is 6. The number of H-pyrrole nitrogens is 1. The lowest BCUT2D eigenvalue weighted by molar-refractivity contribution is -0.0620. The van der Waals surface area contributed by atoms with Crippen molar-refractivity contribution in [1.29, 1.82) is 0 Å². The number of amides is 1. The number of aromatic nitrogens is 2. The van der Waals surface area contributed by atoms with Crippen LogP contribution in [0.5, 0.6) is 5.75 Å². The van der Waals surface area contributed by atoms with Gasteiger partial charge < -0.3 is 25.9 Å². The molecule has 1 aliphatic heterocycles. The fourth-order valence-corrected chi connectivity index (χ4v) is 4.77. The smallest absolute Gasteiger partial charge is 0.267 e. The number of nitrogens with one attached hydrogen (secondary N) is 2. The second-order valence-corrected chi connectivity index (χ2v) is 9.37. The summed E-state index contributed by atoms with van der Waals surface area (Å²) < 4.78 is 6.00. The Kier molecular flexibility index (Phi) is 5.95. The zero-order valence-corrected chi connectivity index (χ0v) is 18.8. The van der Waals surface area contributed by atoms with Crippen LogP contribution in [0.1, 0.15) is 41.9 Å². The van der Waals surface area contributed by atoms with E-state index in [1.165, 1.54) is 6.42 Å². The lowest BCUT2D eigenvalue weighted by Crippen LogP contribution is -2.46. The van der Waals surface area contributed by atoms with Crippen LogP contribution in [0.15, 0.2) is 42.6 Å². The molecule has 1 aliphatic carbocycles. The van der Waals surface area contributed by atoms with Crippen LogP contribution in [0.2, 0.25) is 0 Å². The Morgan fingerprint density at radius 1 is 1.33 bits per heavy atom. The van der Waals surface area contributed by atoms with Gasteiger partial charge in [0.15, 0.2) is 11.6 Å². The minimum absolute atomic E-state index is 0.00183. The predicted octanol–water partition coefficient (Wildman–Crippen LogP) is 3.07. The summed E-state index contributed by atoms with van der Waals surface area (Å²) in [6.45, 7) is 5.32. The van der Waals surface area contributed by atoms with Gasteiger partial charge in [-0.1, -0.05) is 18.2 Å². The van der Waals surface area contributed by atoms with E-state index < -0.39 is 0 Å². The highest BCUT2D eigenvalue weighted by molar-refractivity contribution is 5.97. The number of anilines is 1. The number of nitrogens with zero attached hydrogens (tertiary/aromatic N) is 2. The Labute approximate surface area is 193 Å². The first-order chi connectivity index (χ1) is 16.0. The van der Waals surface area contributed by atoms with Crippen molar-refractivity contribution in [2.45, 2.75) is 31.9 Å². The summed E-state index contributed by atoms with van der Waals surface area (Å²) in [6.07, 6.45) is 3.76. The molecule has 1 amide bonds. The molecular formula is C25H31N5O3. The Hall–Kier alpha value is -3.10. The molecule has 2 aromatic heterocycles. The monoisotopic (exact) mass is 449 g/mol. The standard InChI is InChI=1S/C25H31N5O3/c1-15-14-33-23(18-10-22(31)24(26)28-11-18)13-30(15)12-19-8-16(19)6-7-27-25(32)21-9-17-4-2-3-5-20(17)29-21/h2-5,9-11,15-16,19,23,29,31H,6-8,12-14H2,1H3,(H2,26,28)(H,27,32)/t15-,16?,19?,23?/m0/s1. The number of morpholine rings is 1. The van der Waals surface area contributed by atoms with Crippen molar-refractivity contribution in [2.75, 3.05) is 32.0 Å². The normalized spacial score (nSPS) is 25.2. The minimum atomic E-state index is -0.118. The number of fused-ring (bicyclic) bond motifs is 1. The number of para-hydroxylation sites is 1. The number of nitrogens with two attached hydrogens (primary N) is 1. The summed E-state index contributed by atoms with van der Waals surface area (Å²) in [6, 6.07) is 11.8. The molecule has 3 unspecified atom stereocenters. The molecule has 5 N–H and O–H groups in total. The van der Waals surface area contributed by atoms with Gasteiger partial charge in [-0.05, 0) is 49.8 Å². The second-order valence-electron chi connectivity index (χ2n) is 9.37. The third-order valence-electron chi connectivity index (χ3n) is 6.97. The summed E-state index contributed by atoms with van der Waals surface area (Å²) in [5.74, 6) is 1.38. The quantitative estimate of drug-likeness (QED) is 0.441. The largest absolute Gasteiger partial charge is 0.504 e. The fourth-order valence-electron chi connectivity index (χ4n) is 4.77. The Morgan fingerprint density at radius 3 is 3.00 bits per heavy atom. The molecule has 2 fully saturated rings. The molecule has 8 heteroatoms. The zero-order valence-electron chi connectivity index (χ0n) is 18.8. The van der Waals surface area contributed by atoms with E-state index in [0.717, 1.165) is 36.0 Å². The van der Waals surface area contributed by atoms with E-state index >= 15 is 0 Å². The van der Waals surface area contributed by atoms with E-state index in [4.69, 9.17) is 10.5 Å². The number of rotatable bonds is 7. The summed E-state index contributed by atoms with van der Waals surface area (Å²) in [4.78, 5) is 22.2. The summed E-state index contributed by atoms with van der Waals surface area (Å²) in [7, 11) is 0. The molecular weight excluding hydrogens is 418 g/mol. The molecule has 0 spiro atoms. The van der Waals surface area contributed by atoms with Gasteiger partial charge in [0.1, 0.15) is 5.69 Å². The van der Waals surface area contributed by atoms with Gasteiger partial charge in [-0.2, -0.15) is 0 Å². The van der Waals surface area contributed by atoms with Gasteiger partial charge in [0, 0.05) is 48.3 Å². The van der Waals surface area contributed by atoms with Gasteiger partial charge in [0.2, 0.25) is 0 Å². The first-order valence-corrected chi connectivity index (χ1v) is 11.6. The maximum absolute atomic E-state index is 12.5. The number of carbonyl (C=O) groups is 1. The number of hydrogen-bond donors (Lipinski definition) is 4. The lowest BCUT2D eigenvalue weighted by atomic mass is 10.1. The third kappa shape index (κ3) is 4.82. The Bertz CT molecular complexity index is 1110. The van der Waals surface area contributed by atoms with Gasteiger partial charge in [0.25, 0.3) is 5.91 Å². The summed E-state index contributed by atoms with van der Waals surface area (Å²) >= 11 is 0. The summed E-state index contributed by atoms with van der Waals surface area (Å²) in [5, 5.41) is 14.0. The molecule has 0 radical (unpaired) electrons. The average molecular weight is 450 g/mol. The Balaban J connectivity index is 1.08. The van der Waals surface area contributed by atoms with E-state index in [2.05, 4.69) is 27.1 Å². The van der Waals surface area contributed by atoms with Gasteiger partial charge in [0.05, 0.1) is 12.7 Å². The maximum Gasteiger partial charge on any atom is 0.267 e. The zero-order chi connectivity index (χ0) is 22.9. The number of carbonyl (C=O) groups excluding carboxylic acids is 1. The van der Waals surface area contributed by atoms with E-state index in [1.807, 2.05) is 30.3 Å². The molecule has 3 aromatic rings. The van der Waals surface area contributed by atoms with Gasteiger partial charge in [-0.25, -0.2) is 4.98 Å². The average Bonchev–Trinajstić information content (AvgIpc) is 3.39. The topological polar surface area (TPSA) is 116 Å². The van der Waals surface area contributed by atoms with Crippen LogP contribution in [-0.2, 0) is 4.74 Å². The maximum atomic E-state index is 12.5. The van der Waals surface area contributed by atoms with Gasteiger partial charge in [-0.15, -0.1) is 0 Å². The van der Waals surface area contributed by atoms with Crippen LogP contribution in [-0.4, -0.2) is 58.2 Å². The number of nitrogen functional groups attached to an aromatic ring is 1. The number of aromatic amines is 1. The van der Waals surface area contributed by atoms with Crippen molar-refractivity contribution in [2.24, 2.45) is 11.8 Å². The number of ether oxygens (including phenoxy) is 1. The first-order valence-electron chi connectivity index (χ1n) is 11.6. The Morgan fingerprint density at radius 2 is 2.18 bits per heavy atom. The molecule has 8 nitrogen and oxygen atoms in total. The van der Waals surface area contributed by atoms with Crippen LogP contribution in [0.4, 0.5) is 5.82 Å². The highest BCUT2D eigenvalue weighted by Gasteiger charge is 2.40. The van der Waals surface area contributed by atoms with Crippen LogP contribution in [0, 0.1) is 11.8 Å². The van der Waals surface area contributed by atoms with Gasteiger partial charge in [-0.3, -0.25) is 9.69 Å². The van der Waals surface area contributed by atoms with E-state index in [1.54, 1.807) is 12.3 Å². The van der Waals surface area contributed by atoms with Crippen LogP contribution in [0.3, 0.4) is 0 Å². The van der Waals surface area contributed by atoms with E-state index in [0.29, 0.717) is 36.7 Å². The molecule has 1 saturated heterocycles. The first kappa shape index (κ1) is 21.7. The molecule has 1 aromatic carbocycles. The molecule has 1 saturated carbocycles. The van der Waals surface area contributed by atoms with Crippen LogP contribution < -0.4 is 11.1 Å². The fraction of sp³-hybridized carbons (Fsp3) is 0.440. The third-order valence-corrected chi connectivity index (χ3v) is 6.97. The predicted molar refractivity (Wildman–Crippen MR) is 127 cm³/mol. The van der Waals surface area contributed by atoms with Crippen molar-refractivity contribution in [1.82, 2.24) is 20.2 Å². The molecule has 174 valence electrons. The van der Waals surface area contributed by atoms with Crippen molar-refractivity contribution in [3.05, 3.63) is 53.9 Å². The molecule has 3 heterocycles. The minimum Gasteiger partial charge on any atom is -0.504 e. The van der Waals surface area contributed by atoms with Crippen molar-refractivity contribution in [3.63, 3.8) is 0 Å².